The van der Waals surface area contributed by atoms with Crippen LogP contribution in [-0.2, 0) is 13.0 Å². The van der Waals surface area contributed by atoms with Crippen LogP contribution in [0.2, 0.25) is 0 Å². The van der Waals surface area contributed by atoms with Gasteiger partial charge < -0.3 is 9.88 Å². The van der Waals surface area contributed by atoms with Gasteiger partial charge in [-0.2, -0.15) is 5.26 Å². The summed E-state index contributed by atoms with van der Waals surface area (Å²) in [7, 11) is 0. The molecule has 0 spiro atoms. The normalized spacial score (nSPS) is 11.2. The lowest BCUT2D eigenvalue weighted by atomic mass is 10.0. The fourth-order valence-electron chi connectivity index (χ4n) is 3.81. The molecular formula is C22H24N6. The molecule has 0 saturated heterocycles. The SMILES string of the molecule is CCCc1c(C)c(C#N)c2nc3ccccc3n2c1NCCCn1ccnc1. The molecule has 3 aromatic heterocycles. The molecule has 0 unspecified atom stereocenters. The maximum absolute atomic E-state index is 9.81. The van der Waals surface area contributed by atoms with E-state index in [9.17, 15) is 5.26 Å². The highest BCUT2D eigenvalue weighted by Crippen LogP contribution is 2.31. The second-order valence-corrected chi connectivity index (χ2v) is 7.03. The van der Waals surface area contributed by atoms with Crippen molar-refractivity contribution in [3.8, 4) is 6.07 Å². The van der Waals surface area contributed by atoms with Gasteiger partial charge in [0.25, 0.3) is 0 Å². The topological polar surface area (TPSA) is 70.9 Å². The number of aromatic nitrogens is 4. The fraction of sp³-hybridized carbons (Fsp3) is 0.318. The molecule has 0 radical (unpaired) electrons. The first-order valence-corrected chi connectivity index (χ1v) is 9.77. The van der Waals surface area contributed by atoms with E-state index < -0.39 is 0 Å². The highest BCUT2D eigenvalue weighted by molar-refractivity contribution is 5.86. The monoisotopic (exact) mass is 372 g/mol. The number of hydrogen-bond donors (Lipinski definition) is 1. The first kappa shape index (κ1) is 18.1. The van der Waals surface area contributed by atoms with Crippen LogP contribution < -0.4 is 5.32 Å². The summed E-state index contributed by atoms with van der Waals surface area (Å²) < 4.78 is 4.21. The van der Waals surface area contributed by atoms with Crippen molar-refractivity contribution in [1.82, 2.24) is 18.9 Å². The summed E-state index contributed by atoms with van der Waals surface area (Å²) >= 11 is 0. The van der Waals surface area contributed by atoms with Crippen LogP contribution in [0.5, 0.6) is 0 Å². The van der Waals surface area contributed by atoms with Gasteiger partial charge in [-0.1, -0.05) is 25.5 Å². The Balaban J connectivity index is 1.79. The van der Waals surface area contributed by atoms with Crippen molar-refractivity contribution in [3.05, 3.63) is 59.7 Å². The zero-order valence-corrected chi connectivity index (χ0v) is 16.3. The molecule has 0 aliphatic heterocycles. The van der Waals surface area contributed by atoms with Gasteiger partial charge in [0.1, 0.15) is 11.9 Å². The molecule has 0 atom stereocenters. The van der Waals surface area contributed by atoms with E-state index in [1.54, 1.807) is 6.20 Å². The number of nitrogens with zero attached hydrogens (tertiary/aromatic N) is 5. The molecule has 4 rings (SSSR count). The van der Waals surface area contributed by atoms with Crippen LogP contribution >= 0.6 is 0 Å². The van der Waals surface area contributed by atoms with Gasteiger partial charge in [-0.15, -0.1) is 0 Å². The van der Waals surface area contributed by atoms with Crippen molar-refractivity contribution in [1.29, 1.82) is 5.26 Å². The van der Waals surface area contributed by atoms with Crippen LogP contribution in [0.25, 0.3) is 16.7 Å². The number of anilines is 1. The number of aryl methyl sites for hydroxylation is 1. The molecule has 0 aliphatic carbocycles. The highest BCUT2D eigenvalue weighted by atomic mass is 15.1. The zero-order valence-electron chi connectivity index (χ0n) is 16.3. The van der Waals surface area contributed by atoms with E-state index in [1.165, 1.54) is 5.56 Å². The third-order valence-corrected chi connectivity index (χ3v) is 5.18. The third kappa shape index (κ3) is 3.09. The van der Waals surface area contributed by atoms with E-state index in [-0.39, 0.29) is 0 Å². The van der Waals surface area contributed by atoms with E-state index in [0.29, 0.717) is 5.56 Å². The van der Waals surface area contributed by atoms with Gasteiger partial charge >= 0.3 is 0 Å². The summed E-state index contributed by atoms with van der Waals surface area (Å²) in [5.41, 5.74) is 5.58. The average molecular weight is 372 g/mol. The molecule has 0 amide bonds. The van der Waals surface area contributed by atoms with E-state index in [2.05, 4.69) is 38.3 Å². The van der Waals surface area contributed by atoms with Gasteiger partial charge in [-0.25, -0.2) is 9.97 Å². The van der Waals surface area contributed by atoms with Gasteiger partial charge in [0.2, 0.25) is 0 Å². The lowest BCUT2D eigenvalue weighted by Gasteiger charge is -2.18. The van der Waals surface area contributed by atoms with Crippen molar-refractivity contribution in [2.45, 2.75) is 39.7 Å². The van der Waals surface area contributed by atoms with Crippen molar-refractivity contribution in [2.75, 3.05) is 11.9 Å². The Morgan fingerprint density at radius 2 is 2.11 bits per heavy atom. The van der Waals surface area contributed by atoms with Crippen LogP contribution in [0.3, 0.4) is 0 Å². The molecule has 0 bridgehead atoms. The van der Waals surface area contributed by atoms with Crippen LogP contribution in [-0.4, -0.2) is 25.5 Å². The number of fused-ring (bicyclic) bond motifs is 3. The standard InChI is InChI=1S/C22H24N6/c1-3-7-17-16(2)18(14-23)22-26-19-8-4-5-9-20(19)28(22)21(17)25-10-6-12-27-13-11-24-15-27/h4-5,8-9,11,13,15,25H,3,6-7,10,12H2,1-2H3. The first-order valence-electron chi connectivity index (χ1n) is 9.77. The molecule has 142 valence electrons. The molecule has 0 aliphatic rings. The van der Waals surface area contributed by atoms with Gasteiger partial charge in [0.15, 0.2) is 5.65 Å². The number of nitrogens with one attached hydrogen (secondary N) is 1. The molecule has 6 heteroatoms. The van der Waals surface area contributed by atoms with Crippen molar-refractivity contribution >= 4 is 22.5 Å². The Hall–Kier alpha value is -3.33. The summed E-state index contributed by atoms with van der Waals surface area (Å²) in [6.45, 7) is 5.96. The number of hydrogen-bond acceptors (Lipinski definition) is 4. The zero-order chi connectivity index (χ0) is 19.5. The average Bonchev–Trinajstić information content (AvgIpc) is 3.35. The van der Waals surface area contributed by atoms with Crippen molar-refractivity contribution < 1.29 is 0 Å². The Morgan fingerprint density at radius 1 is 1.25 bits per heavy atom. The molecule has 28 heavy (non-hydrogen) atoms. The van der Waals surface area contributed by atoms with E-state index >= 15 is 0 Å². The second kappa shape index (κ2) is 7.73. The number of para-hydroxylation sites is 2. The molecule has 3 heterocycles. The summed E-state index contributed by atoms with van der Waals surface area (Å²) in [4.78, 5) is 8.86. The minimum Gasteiger partial charge on any atom is -0.371 e. The lowest BCUT2D eigenvalue weighted by Crippen LogP contribution is -2.13. The first-order chi connectivity index (χ1) is 13.7. The maximum Gasteiger partial charge on any atom is 0.157 e. The quantitative estimate of drug-likeness (QED) is 0.491. The smallest absolute Gasteiger partial charge is 0.157 e. The minimum atomic E-state index is 0.670. The Morgan fingerprint density at radius 3 is 2.86 bits per heavy atom. The number of pyridine rings is 1. The van der Waals surface area contributed by atoms with Crippen molar-refractivity contribution in [2.24, 2.45) is 0 Å². The van der Waals surface area contributed by atoms with Crippen LogP contribution in [0, 0.1) is 18.3 Å². The number of imidazole rings is 2. The van der Waals surface area contributed by atoms with Crippen LogP contribution in [0.15, 0.2) is 43.0 Å². The second-order valence-electron chi connectivity index (χ2n) is 7.03. The molecule has 4 aromatic rings. The third-order valence-electron chi connectivity index (χ3n) is 5.18. The van der Waals surface area contributed by atoms with Gasteiger partial charge in [0, 0.05) is 25.5 Å². The fourth-order valence-corrected chi connectivity index (χ4v) is 3.81. The Bertz CT molecular complexity index is 1150. The highest BCUT2D eigenvalue weighted by Gasteiger charge is 2.19. The summed E-state index contributed by atoms with van der Waals surface area (Å²) in [6.07, 6.45) is 8.55. The summed E-state index contributed by atoms with van der Waals surface area (Å²) in [5.74, 6) is 1.06. The Labute approximate surface area is 164 Å². The van der Waals surface area contributed by atoms with Gasteiger partial charge in [-0.3, -0.25) is 4.40 Å². The molecule has 0 fully saturated rings. The number of benzene rings is 1. The Kier molecular flexibility index (Phi) is 4.98. The van der Waals surface area contributed by atoms with E-state index in [4.69, 9.17) is 4.98 Å². The number of nitriles is 1. The van der Waals surface area contributed by atoms with E-state index in [0.717, 1.165) is 60.4 Å². The molecule has 0 saturated carbocycles. The van der Waals surface area contributed by atoms with Crippen LogP contribution in [0.4, 0.5) is 5.82 Å². The molecular weight excluding hydrogens is 348 g/mol. The largest absolute Gasteiger partial charge is 0.371 e. The molecule has 1 N–H and O–H groups in total. The lowest BCUT2D eigenvalue weighted by molar-refractivity contribution is 0.659. The molecule has 6 nitrogen and oxygen atoms in total. The maximum atomic E-state index is 9.81. The van der Waals surface area contributed by atoms with E-state index in [1.807, 2.05) is 37.6 Å². The predicted molar refractivity (Wildman–Crippen MR) is 111 cm³/mol. The minimum absolute atomic E-state index is 0.670. The predicted octanol–water partition coefficient (Wildman–Crippen LogP) is 4.32. The van der Waals surface area contributed by atoms with Crippen LogP contribution in [0.1, 0.15) is 36.5 Å². The van der Waals surface area contributed by atoms with Gasteiger partial charge in [0.05, 0.1) is 22.9 Å². The molecule has 1 aromatic carbocycles. The van der Waals surface area contributed by atoms with Crippen molar-refractivity contribution in [3.63, 3.8) is 0 Å². The summed E-state index contributed by atoms with van der Waals surface area (Å²) in [6, 6.07) is 10.5. The number of rotatable bonds is 7. The summed E-state index contributed by atoms with van der Waals surface area (Å²) in [5, 5.41) is 13.5. The van der Waals surface area contributed by atoms with Gasteiger partial charge in [-0.05, 0) is 43.0 Å².